The molecule has 3 unspecified atom stereocenters. The lowest BCUT2D eigenvalue weighted by atomic mass is 9.76. The normalized spacial score (nSPS) is 20.1. The lowest BCUT2D eigenvalue weighted by Gasteiger charge is -2.40. The fourth-order valence-electron chi connectivity index (χ4n) is 7.57. The summed E-state index contributed by atoms with van der Waals surface area (Å²) in [4.78, 5) is 7.18. The first-order valence-electron chi connectivity index (χ1n) is 15.0. The summed E-state index contributed by atoms with van der Waals surface area (Å²) < 4.78 is 0. The van der Waals surface area contributed by atoms with Crippen molar-refractivity contribution in [3.8, 4) is 0 Å². The quantitative estimate of drug-likeness (QED) is 0.211. The molecule has 2 heterocycles. The number of para-hydroxylation sites is 1. The monoisotopic (exact) mass is 526 g/mol. The third kappa shape index (κ3) is 4.42. The van der Waals surface area contributed by atoms with Crippen LogP contribution >= 0.6 is 0 Å². The van der Waals surface area contributed by atoms with Crippen LogP contribution in [-0.2, 0) is 6.54 Å². The van der Waals surface area contributed by atoms with E-state index in [0.717, 1.165) is 42.5 Å². The van der Waals surface area contributed by atoms with E-state index in [0.29, 0.717) is 11.8 Å². The highest BCUT2D eigenvalue weighted by atomic mass is 16.3. The highest BCUT2D eigenvalue weighted by Crippen LogP contribution is 2.40. The molecule has 1 fully saturated rings. The first-order valence-corrected chi connectivity index (χ1v) is 15.0. The molecule has 0 bridgehead atoms. The van der Waals surface area contributed by atoms with Crippen LogP contribution < -0.4 is 0 Å². The standard InChI is InChI=1S/C37H38N2O/c1-3-25-22-39(19-17-28(25)20-24(2)37(40)33-16-18-38-34-13-5-4-11-32(33)34)23-30-21-29-10-6-8-26-14-15-27-9-7-12-31(30)36(27)35(26)29/h4-16,18,21,24-25,28,37,40H,3,17,19-20,22-23H2,1-2H3/t24?,25?,28?,37-/m1/s1. The predicted octanol–water partition coefficient (Wildman–Crippen LogP) is 8.74. The van der Waals surface area contributed by atoms with Gasteiger partial charge in [0, 0.05) is 24.7 Å². The molecule has 1 aromatic heterocycles. The van der Waals surface area contributed by atoms with E-state index in [1.165, 1.54) is 50.7 Å². The van der Waals surface area contributed by atoms with Gasteiger partial charge in [0.25, 0.3) is 0 Å². The second kappa shape index (κ2) is 10.5. The van der Waals surface area contributed by atoms with Gasteiger partial charge in [-0.15, -0.1) is 0 Å². The molecular weight excluding hydrogens is 488 g/mol. The Hall–Kier alpha value is -3.53. The van der Waals surface area contributed by atoms with Crippen molar-refractivity contribution < 1.29 is 5.11 Å². The van der Waals surface area contributed by atoms with Gasteiger partial charge in [-0.1, -0.05) is 87.0 Å². The minimum atomic E-state index is -0.473. The summed E-state index contributed by atoms with van der Waals surface area (Å²) in [6.07, 6.45) is 4.79. The largest absolute Gasteiger partial charge is 0.388 e. The number of aliphatic hydroxyl groups excluding tert-OH is 1. The first-order chi connectivity index (χ1) is 19.6. The minimum Gasteiger partial charge on any atom is -0.388 e. The predicted molar refractivity (Wildman–Crippen MR) is 168 cm³/mol. The zero-order valence-electron chi connectivity index (χ0n) is 23.6. The number of pyridine rings is 1. The van der Waals surface area contributed by atoms with Crippen molar-refractivity contribution in [3.05, 3.63) is 102 Å². The third-order valence-corrected chi connectivity index (χ3v) is 9.70. The second-order valence-electron chi connectivity index (χ2n) is 12.1. The zero-order chi connectivity index (χ0) is 27.2. The molecule has 40 heavy (non-hydrogen) atoms. The summed E-state index contributed by atoms with van der Waals surface area (Å²) in [6, 6.07) is 30.6. The van der Waals surface area contributed by atoms with E-state index < -0.39 is 6.10 Å². The number of nitrogens with zero attached hydrogens (tertiary/aromatic N) is 2. The molecule has 0 radical (unpaired) electrons. The van der Waals surface area contributed by atoms with Crippen LogP contribution in [0.5, 0.6) is 0 Å². The Morgan fingerprint density at radius 1 is 0.850 bits per heavy atom. The summed E-state index contributed by atoms with van der Waals surface area (Å²) in [5.41, 5.74) is 3.41. The van der Waals surface area contributed by atoms with E-state index in [1.54, 1.807) is 0 Å². The Morgan fingerprint density at radius 2 is 1.60 bits per heavy atom. The lowest BCUT2D eigenvalue weighted by Crippen LogP contribution is -2.40. The molecule has 1 aliphatic heterocycles. The second-order valence-corrected chi connectivity index (χ2v) is 12.1. The van der Waals surface area contributed by atoms with Gasteiger partial charge >= 0.3 is 0 Å². The molecule has 1 saturated heterocycles. The van der Waals surface area contributed by atoms with Gasteiger partial charge in [-0.05, 0) is 98.8 Å². The molecule has 5 aromatic carbocycles. The number of hydrogen-bond donors (Lipinski definition) is 1. The van der Waals surface area contributed by atoms with E-state index in [-0.39, 0.29) is 5.92 Å². The van der Waals surface area contributed by atoms with Gasteiger partial charge in [0.2, 0.25) is 0 Å². The zero-order valence-corrected chi connectivity index (χ0v) is 23.6. The van der Waals surface area contributed by atoms with Crippen molar-refractivity contribution in [2.45, 2.75) is 45.8 Å². The van der Waals surface area contributed by atoms with E-state index >= 15 is 0 Å². The van der Waals surface area contributed by atoms with Gasteiger partial charge in [-0.3, -0.25) is 9.88 Å². The average molecular weight is 527 g/mol. The van der Waals surface area contributed by atoms with Crippen molar-refractivity contribution in [3.63, 3.8) is 0 Å². The molecule has 1 N–H and O–H groups in total. The Labute approximate surface area is 236 Å². The van der Waals surface area contributed by atoms with Gasteiger partial charge in [0.1, 0.15) is 0 Å². The minimum absolute atomic E-state index is 0.201. The number of piperidine rings is 1. The Kier molecular flexibility index (Phi) is 6.65. The van der Waals surface area contributed by atoms with Crippen LogP contribution in [0.15, 0.2) is 91.1 Å². The van der Waals surface area contributed by atoms with E-state index in [9.17, 15) is 5.11 Å². The fourth-order valence-corrected chi connectivity index (χ4v) is 7.57. The maximum Gasteiger partial charge on any atom is 0.0822 e. The Bertz CT molecular complexity index is 1790. The summed E-state index contributed by atoms with van der Waals surface area (Å²) in [7, 11) is 0. The average Bonchev–Trinajstić information content (AvgIpc) is 3.00. The molecule has 1 aliphatic rings. The molecule has 0 aliphatic carbocycles. The van der Waals surface area contributed by atoms with Crippen molar-refractivity contribution in [1.29, 1.82) is 0 Å². The third-order valence-electron chi connectivity index (χ3n) is 9.70. The number of likely N-dealkylation sites (tertiary alicyclic amines) is 1. The van der Waals surface area contributed by atoms with E-state index in [4.69, 9.17) is 0 Å². The number of aliphatic hydroxyl groups is 1. The van der Waals surface area contributed by atoms with Crippen molar-refractivity contribution >= 4 is 43.2 Å². The number of rotatable bonds is 7. The topological polar surface area (TPSA) is 36.4 Å². The van der Waals surface area contributed by atoms with Gasteiger partial charge in [0.15, 0.2) is 0 Å². The molecule has 0 spiro atoms. The molecule has 0 amide bonds. The van der Waals surface area contributed by atoms with Crippen LogP contribution in [0.4, 0.5) is 0 Å². The summed E-state index contributed by atoms with van der Waals surface area (Å²) in [6.45, 7) is 7.80. The van der Waals surface area contributed by atoms with E-state index in [2.05, 4.69) is 84.4 Å². The van der Waals surface area contributed by atoms with Crippen LogP contribution in [-0.4, -0.2) is 28.1 Å². The Morgan fingerprint density at radius 3 is 2.45 bits per heavy atom. The number of fused-ring (bicyclic) bond motifs is 1. The summed E-state index contributed by atoms with van der Waals surface area (Å²) in [5.74, 6) is 1.48. The SMILES string of the molecule is CCC1CN(Cc2cc3cccc4ccc5cccc2c5c43)CCC1CC(C)[C@@H](O)c1ccnc2ccccc12. The van der Waals surface area contributed by atoms with Gasteiger partial charge in [0.05, 0.1) is 11.6 Å². The maximum atomic E-state index is 11.4. The van der Waals surface area contributed by atoms with Crippen LogP contribution in [0.3, 0.4) is 0 Å². The first kappa shape index (κ1) is 25.4. The lowest BCUT2D eigenvalue weighted by molar-refractivity contribution is 0.0586. The Balaban J connectivity index is 1.10. The molecule has 0 saturated carbocycles. The van der Waals surface area contributed by atoms with Gasteiger partial charge in [-0.25, -0.2) is 0 Å². The van der Waals surface area contributed by atoms with Crippen LogP contribution in [0.1, 0.15) is 50.3 Å². The van der Waals surface area contributed by atoms with E-state index in [1.807, 2.05) is 30.5 Å². The summed E-state index contributed by atoms with van der Waals surface area (Å²) in [5, 5.41) is 20.7. The van der Waals surface area contributed by atoms with Gasteiger partial charge < -0.3 is 5.11 Å². The number of benzene rings is 5. The molecule has 202 valence electrons. The highest BCUT2D eigenvalue weighted by Gasteiger charge is 2.31. The van der Waals surface area contributed by atoms with Crippen LogP contribution in [0.25, 0.3) is 43.2 Å². The van der Waals surface area contributed by atoms with Gasteiger partial charge in [-0.2, -0.15) is 0 Å². The van der Waals surface area contributed by atoms with Crippen molar-refractivity contribution in [1.82, 2.24) is 9.88 Å². The van der Waals surface area contributed by atoms with Crippen molar-refractivity contribution in [2.24, 2.45) is 17.8 Å². The van der Waals surface area contributed by atoms with Crippen LogP contribution in [0.2, 0.25) is 0 Å². The maximum absolute atomic E-state index is 11.4. The molecule has 7 rings (SSSR count). The smallest absolute Gasteiger partial charge is 0.0822 e. The molecule has 3 heteroatoms. The van der Waals surface area contributed by atoms with Crippen LogP contribution in [0, 0.1) is 17.8 Å². The summed E-state index contributed by atoms with van der Waals surface area (Å²) >= 11 is 0. The fraction of sp³-hybridized carbons (Fsp3) is 0.324. The number of hydrogen-bond acceptors (Lipinski definition) is 3. The highest BCUT2D eigenvalue weighted by molar-refractivity contribution is 6.23. The van der Waals surface area contributed by atoms with Crippen molar-refractivity contribution in [2.75, 3.05) is 13.1 Å². The molecule has 4 atom stereocenters. The molecular formula is C37H38N2O. The number of aromatic nitrogens is 1. The molecule has 6 aromatic rings. The molecule has 3 nitrogen and oxygen atoms in total.